The fourth-order valence-electron chi connectivity index (χ4n) is 3.36. The van der Waals surface area contributed by atoms with Crippen LogP contribution in [0.15, 0.2) is 42.5 Å². The number of hydrogen-bond donors (Lipinski definition) is 1. The van der Waals surface area contributed by atoms with Crippen LogP contribution in [0.3, 0.4) is 0 Å². The number of nitrogens with zero attached hydrogens (tertiary/aromatic N) is 1. The van der Waals surface area contributed by atoms with E-state index in [0.717, 1.165) is 27.3 Å². The third kappa shape index (κ3) is 4.90. The molecule has 0 aliphatic rings. The molecule has 1 amide bonds. The summed E-state index contributed by atoms with van der Waals surface area (Å²) in [4.78, 5) is 13.0. The van der Waals surface area contributed by atoms with Crippen LogP contribution in [0.4, 0.5) is 10.1 Å². The predicted molar refractivity (Wildman–Crippen MR) is 110 cm³/mol. The van der Waals surface area contributed by atoms with Gasteiger partial charge in [-0.1, -0.05) is 42.8 Å². The number of aryl methyl sites for hydroxylation is 2. The monoisotopic (exact) mass is 406 g/mol. The number of amides is 1. The third-order valence-electron chi connectivity index (χ3n) is 4.67. The molecule has 5 nitrogen and oxygen atoms in total. The van der Waals surface area contributed by atoms with E-state index in [4.69, 9.17) is 0 Å². The Bertz CT molecular complexity index is 960. The van der Waals surface area contributed by atoms with Gasteiger partial charge in [-0.2, -0.15) is 0 Å². The summed E-state index contributed by atoms with van der Waals surface area (Å²) in [5, 5.41) is 2.88. The van der Waals surface area contributed by atoms with Crippen LogP contribution in [0.2, 0.25) is 0 Å². The Labute approximate surface area is 166 Å². The number of benzene rings is 2. The van der Waals surface area contributed by atoms with E-state index in [0.29, 0.717) is 0 Å². The molecule has 28 heavy (non-hydrogen) atoms. The summed E-state index contributed by atoms with van der Waals surface area (Å²) in [7, 11) is -3.88. The number of sulfonamides is 1. The van der Waals surface area contributed by atoms with Crippen LogP contribution >= 0.6 is 0 Å². The molecule has 152 valence electrons. The van der Waals surface area contributed by atoms with E-state index in [1.807, 2.05) is 39.0 Å². The van der Waals surface area contributed by atoms with Crippen molar-refractivity contribution in [1.82, 2.24) is 5.32 Å². The van der Waals surface area contributed by atoms with Gasteiger partial charge in [-0.25, -0.2) is 12.8 Å². The minimum absolute atomic E-state index is 0.133. The summed E-state index contributed by atoms with van der Waals surface area (Å²) < 4.78 is 40.0. The van der Waals surface area contributed by atoms with Crippen molar-refractivity contribution in [3.8, 4) is 0 Å². The van der Waals surface area contributed by atoms with Crippen molar-refractivity contribution in [2.24, 2.45) is 0 Å². The van der Waals surface area contributed by atoms with Gasteiger partial charge in [0, 0.05) is 0 Å². The number of nitrogens with one attached hydrogen (secondary N) is 1. The fraction of sp³-hybridized carbons (Fsp3) is 0.381. The normalized spacial score (nSPS) is 13.6. The van der Waals surface area contributed by atoms with Gasteiger partial charge in [0.05, 0.1) is 18.0 Å². The Morgan fingerprint density at radius 3 is 2.36 bits per heavy atom. The molecule has 0 aromatic heterocycles. The summed E-state index contributed by atoms with van der Waals surface area (Å²) >= 11 is 0. The lowest BCUT2D eigenvalue weighted by Crippen LogP contribution is -2.50. The molecule has 0 fully saturated rings. The van der Waals surface area contributed by atoms with Crippen LogP contribution < -0.4 is 9.62 Å². The maximum atomic E-state index is 14.3. The number of halogens is 1. The minimum Gasteiger partial charge on any atom is -0.348 e. The van der Waals surface area contributed by atoms with E-state index in [1.54, 1.807) is 13.0 Å². The number of para-hydroxylation sites is 1. The van der Waals surface area contributed by atoms with Gasteiger partial charge in [-0.05, 0) is 50.5 Å². The van der Waals surface area contributed by atoms with Crippen molar-refractivity contribution >= 4 is 21.6 Å². The molecule has 2 aromatic rings. The smallest absolute Gasteiger partial charge is 0.244 e. The Morgan fingerprint density at radius 2 is 1.82 bits per heavy atom. The SMILES string of the molecule is CC[C@@H](C(=O)N[C@H](C)c1ccc(C)cc1C)N(c1ccccc1F)S(C)(=O)=O. The van der Waals surface area contributed by atoms with Gasteiger partial charge in [-0.3, -0.25) is 9.10 Å². The van der Waals surface area contributed by atoms with Gasteiger partial charge < -0.3 is 5.32 Å². The molecular formula is C21H27FN2O3S. The molecule has 1 N–H and O–H groups in total. The standard InChI is InChI=1S/C21H27FN2O3S/c1-6-19(24(28(5,26)27)20-10-8-7-9-18(20)22)21(25)23-16(4)17-12-11-14(2)13-15(17)3/h7-13,16,19H,6H2,1-5H3,(H,23,25)/t16-,19+/m1/s1. The zero-order valence-corrected chi connectivity index (χ0v) is 17.7. The highest BCUT2D eigenvalue weighted by Gasteiger charge is 2.33. The zero-order valence-electron chi connectivity index (χ0n) is 16.9. The molecule has 0 bridgehead atoms. The Balaban J connectivity index is 2.35. The van der Waals surface area contributed by atoms with Gasteiger partial charge in [0.25, 0.3) is 0 Å². The summed E-state index contributed by atoms with van der Waals surface area (Å²) in [6.07, 6.45) is 1.18. The first-order chi connectivity index (χ1) is 13.1. The first-order valence-electron chi connectivity index (χ1n) is 9.17. The van der Waals surface area contributed by atoms with E-state index < -0.39 is 27.8 Å². The highest BCUT2D eigenvalue weighted by molar-refractivity contribution is 7.92. The first-order valence-corrected chi connectivity index (χ1v) is 11.0. The van der Waals surface area contributed by atoms with Crippen LogP contribution in [0.25, 0.3) is 0 Å². The lowest BCUT2D eigenvalue weighted by atomic mass is 10.00. The van der Waals surface area contributed by atoms with E-state index in [-0.39, 0.29) is 18.2 Å². The van der Waals surface area contributed by atoms with Gasteiger partial charge in [0.1, 0.15) is 11.9 Å². The number of rotatable bonds is 7. The molecule has 0 unspecified atom stereocenters. The summed E-state index contributed by atoms with van der Waals surface area (Å²) in [5.74, 6) is -1.16. The largest absolute Gasteiger partial charge is 0.348 e. The second-order valence-corrected chi connectivity index (χ2v) is 8.88. The summed E-state index contributed by atoms with van der Waals surface area (Å²) in [6.45, 7) is 7.50. The summed E-state index contributed by atoms with van der Waals surface area (Å²) in [6, 6.07) is 10.1. The quantitative estimate of drug-likeness (QED) is 0.759. The zero-order chi connectivity index (χ0) is 21.1. The van der Waals surface area contributed by atoms with Crippen molar-refractivity contribution in [3.63, 3.8) is 0 Å². The molecular weight excluding hydrogens is 379 g/mol. The number of anilines is 1. The highest BCUT2D eigenvalue weighted by atomic mass is 32.2. The van der Waals surface area contributed by atoms with Gasteiger partial charge in [0.2, 0.25) is 15.9 Å². The van der Waals surface area contributed by atoms with Crippen LogP contribution in [-0.2, 0) is 14.8 Å². The van der Waals surface area contributed by atoms with Gasteiger partial charge >= 0.3 is 0 Å². The molecule has 0 spiro atoms. The maximum Gasteiger partial charge on any atom is 0.244 e. The van der Waals surface area contributed by atoms with E-state index in [2.05, 4.69) is 5.32 Å². The molecule has 0 saturated heterocycles. The fourth-order valence-corrected chi connectivity index (χ4v) is 4.58. The van der Waals surface area contributed by atoms with Crippen molar-refractivity contribution < 1.29 is 17.6 Å². The van der Waals surface area contributed by atoms with Crippen molar-refractivity contribution in [2.45, 2.75) is 46.2 Å². The predicted octanol–water partition coefficient (Wildman–Crippen LogP) is 3.86. The molecule has 0 aliphatic carbocycles. The first kappa shape index (κ1) is 21.9. The van der Waals surface area contributed by atoms with Crippen LogP contribution in [0.5, 0.6) is 0 Å². The Morgan fingerprint density at radius 1 is 1.18 bits per heavy atom. The number of carbonyl (C=O) groups excluding carboxylic acids is 1. The molecule has 2 rings (SSSR count). The van der Waals surface area contributed by atoms with Gasteiger partial charge in [-0.15, -0.1) is 0 Å². The van der Waals surface area contributed by atoms with Crippen molar-refractivity contribution in [2.75, 3.05) is 10.6 Å². The maximum absolute atomic E-state index is 14.3. The van der Waals surface area contributed by atoms with E-state index in [1.165, 1.54) is 18.2 Å². The third-order valence-corrected chi connectivity index (χ3v) is 5.84. The minimum atomic E-state index is -3.88. The van der Waals surface area contributed by atoms with Crippen molar-refractivity contribution in [3.05, 3.63) is 65.0 Å². The molecule has 0 heterocycles. The second-order valence-electron chi connectivity index (χ2n) is 7.02. The van der Waals surface area contributed by atoms with Crippen LogP contribution in [0, 0.1) is 19.7 Å². The topological polar surface area (TPSA) is 66.5 Å². The van der Waals surface area contributed by atoms with Crippen LogP contribution in [0.1, 0.15) is 43.0 Å². The highest BCUT2D eigenvalue weighted by Crippen LogP contribution is 2.26. The van der Waals surface area contributed by atoms with Crippen molar-refractivity contribution in [1.29, 1.82) is 0 Å². The Hall–Kier alpha value is -2.41. The lowest BCUT2D eigenvalue weighted by molar-refractivity contribution is -0.122. The molecule has 2 atom stereocenters. The summed E-state index contributed by atoms with van der Waals surface area (Å²) in [5.41, 5.74) is 2.97. The molecule has 0 saturated carbocycles. The average Bonchev–Trinajstić information content (AvgIpc) is 2.59. The van der Waals surface area contributed by atoms with Gasteiger partial charge in [0.15, 0.2) is 0 Å². The molecule has 2 aromatic carbocycles. The molecule has 0 radical (unpaired) electrons. The number of hydrogen-bond acceptors (Lipinski definition) is 3. The van der Waals surface area contributed by atoms with E-state index >= 15 is 0 Å². The van der Waals surface area contributed by atoms with E-state index in [9.17, 15) is 17.6 Å². The molecule has 0 aliphatic heterocycles. The Kier molecular flexibility index (Phi) is 6.82. The second kappa shape index (κ2) is 8.73. The van der Waals surface area contributed by atoms with Crippen LogP contribution in [-0.4, -0.2) is 26.6 Å². The molecule has 7 heteroatoms. The average molecular weight is 407 g/mol. The number of carbonyl (C=O) groups is 1. The lowest BCUT2D eigenvalue weighted by Gasteiger charge is -2.31.